The minimum Gasteiger partial charge on any atom is -0.454 e. The Labute approximate surface area is 149 Å². The summed E-state index contributed by atoms with van der Waals surface area (Å²) in [6.07, 6.45) is 3.03. The first-order valence-electron chi connectivity index (χ1n) is 8.40. The lowest BCUT2D eigenvalue weighted by Gasteiger charge is -2.28. The number of carbonyl (C=O) groups excluding carboxylic acids is 1. The van der Waals surface area contributed by atoms with Crippen molar-refractivity contribution in [1.82, 2.24) is 4.90 Å². The summed E-state index contributed by atoms with van der Waals surface area (Å²) in [5, 5.41) is 0. The molecule has 0 saturated carbocycles. The van der Waals surface area contributed by atoms with E-state index in [9.17, 15) is 4.79 Å². The average Bonchev–Trinajstić information content (AvgIpc) is 2.91. The van der Waals surface area contributed by atoms with Gasteiger partial charge in [0.05, 0.1) is 5.56 Å². The smallest absolute Gasteiger partial charge is 0.339 e. The number of rotatable bonds is 4. The number of esters is 1. The van der Waals surface area contributed by atoms with E-state index in [1.54, 1.807) is 0 Å². The van der Waals surface area contributed by atoms with Crippen LogP contribution in [0.5, 0.6) is 0 Å². The molecule has 2 aromatic rings. The Kier molecular flexibility index (Phi) is 5.22. The summed E-state index contributed by atoms with van der Waals surface area (Å²) >= 11 is 0. The summed E-state index contributed by atoms with van der Waals surface area (Å²) in [7, 11) is 0. The van der Waals surface area contributed by atoms with Gasteiger partial charge in [0.15, 0.2) is 0 Å². The second-order valence-corrected chi connectivity index (χ2v) is 6.42. The van der Waals surface area contributed by atoms with Gasteiger partial charge in [-0.2, -0.15) is 0 Å². The van der Waals surface area contributed by atoms with E-state index >= 15 is 0 Å². The van der Waals surface area contributed by atoms with Gasteiger partial charge in [-0.3, -0.25) is 4.90 Å². The van der Waals surface area contributed by atoms with Gasteiger partial charge < -0.3 is 4.74 Å². The van der Waals surface area contributed by atoms with Crippen molar-refractivity contribution in [3.05, 3.63) is 70.8 Å². The van der Waals surface area contributed by atoms with Gasteiger partial charge in [-0.1, -0.05) is 42.5 Å². The Morgan fingerprint density at radius 3 is 2.67 bits per heavy atom. The van der Waals surface area contributed by atoms with Gasteiger partial charge in [0.25, 0.3) is 0 Å². The number of cyclic esters (lactones) is 1. The summed E-state index contributed by atoms with van der Waals surface area (Å²) in [4.78, 5) is 14.4. The van der Waals surface area contributed by atoms with E-state index in [0.717, 1.165) is 50.0 Å². The van der Waals surface area contributed by atoms with E-state index in [0.29, 0.717) is 0 Å². The molecule has 2 aliphatic heterocycles. The molecule has 4 heteroatoms. The summed E-state index contributed by atoms with van der Waals surface area (Å²) in [5.41, 5.74) is 4.74. The molecule has 0 amide bonds. The normalized spacial score (nSPS) is 19.2. The molecule has 2 heterocycles. The van der Waals surface area contributed by atoms with Gasteiger partial charge in [-0.15, -0.1) is 12.4 Å². The standard InChI is InChI=1S/C20H21NO2.ClH/c22-20-18-9-4-3-8-17(18)19(23-20)10-5-12-21-13-11-15-6-1-2-7-16(15)14-21;/h1-4,6-9,19H,5,10-14H2;1H. The van der Waals surface area contributed by atoms with Crippen molar-refractivity contribution in [2.45, 2.75) is 31.9 Å². The minimum atomic E-state index is -0.169. The highest BCUT2D eigenvalue weighted by molar-refractivity contribution is 5.93. The summed E-state index contributed by atoms with van der Waals surface area (Å²) in [5.74, 6) is -0.169. The van der Waals surface area contributed by atoms with E-state index in [2.05, 4.69) is 29.2 Å². The predicted molar refractivity (Wildman–Crippen MR) is 96.5 cm³/mol. The lowest BCUT2D eigenvalue weighted by atomic mass is 9.99. The summed E-state index contributed by atoms with van der Waals surface area (Å²) < 4.78 is 5.52. The van der Waals surface area contributed by atoms with Crippen molar-refractivity contribution in [1.29, 1.82) is 0 Å². The third-order valence-corrected chi connectivity index (χ3v) is 4.93. The van der Waals surface area contributed by atoms with Crippen LogP contribution >= 0.6 is 12.4 Å². The molecular formula is C20H22ClNO2. The highest BCUT2D eigenvalue weighted by Gasteiger charge is 2.30. The number of benzene rings is 2. The zero-order chi connectivity index (χ0) is 15.6. The molecule has 0 N–H and O–H groups in total. The second-order valence-electron chi connectivity index (χ2n) is 6.42. The van der Waals surface area contributed by atoms with E-state index < -0.39 is 0 Å². The molecule has 3 nitrogen and oxygen atoms in total. The third-order valence-electron chi connectivity index (χ3n) is 4.93. The molecule has 0 spiro atoms. The maximum Gasteiger partial charge on any atom is 0.339 e. The molecule has 2 aromatic carbocycles. The van der Waals surface area contributed by atoms with Crippen LogP contribution in [0.15, 0.2) is 48.5 Å². The van der Waals surface area contributed by atoms with Crippen LogP contribution in [0.25, 0.3) is 0 Å². The van der Waals surface area contributed by atoms with Crippen molar-refractivity contribution in [3.8, 4) is 0 Å². The lowest BCUT2D eigenvalue weighted by Crippen LogP contribution is -2.31. The van der Waals surface area contributed by atoms with Gasteiger partial charge in [-0.25, -0.2) is 4.79 Å². The highest BCUT2D eigenvalue weighted by Crippen LogP contribution is 2.33. The molecule has 0 aliphatic carbocycles. The van der Waals surface area contributed by atoms with E-state index in [-0.39, 0.29) is 24.5 Å². The number of hydrogen-bond acceptors (Lipinski definition) is 3. The number of fused-ring (bicyclic) bond motifs is 2. The number of halogens is 1. The SMILES string of the molecule is Cl.O=C1OC(CCCN2CCc3ccccc3C2)c2ccccc21. The molecule has 2 aliphatic rings. The molecular weight excluding hydrogens is 322 g/mol. The predicted octanol–water partition coefficient (Wildman–Crippen LogP) is 4.16. The Bertz CT molecular complexity index is 731. The Balaban J connectivity index is 0.00000169. The maximum atomic E-state index is 11.8. The van der Waals surface area contributed by atoms with Crippen LogP contribution in [0.1, 0.15) is 46.0 Å². The molecule has 0 saturated heterocycles. The number of carbonyl (C=O) groups is 1. The first-order chi connectivity index (χ1) is 11.3. The van der Waals surface area contributed by atoms with Crippen molar-refractivity contribution in [2.75, 3.05) is 13.1 Å². The van der Waals surface area contributed by atoms with E-state index in [1.807, 2.05) is 24.3 Å². The first-order valence-corrected chi connectivity index (χ1v) is 8.40. The van der Waals surface area contributed by atoms with E-state index in [1.165, 1.54) is 11.1 Å². The molecule has 126 valence electrons. The van der Waals surface area contributed by atoms with Crippen molar-refractivity contribution in [2.24, 2.45) is 0 Å². The van der Waals surface area contributed by atoms with Crippen LogP contribution in [-0.2, 0) is 17.7 Å². The molecule has 0 radical (unpaired) electrons. The van der Waals surface area contributed by atoms with Crippen LogP contribution in [0.3, 0.4) is 0 Å². The van der Waals surface area contributed by atoms with Gasteiger partial charge in [0.2, 0.25) is 0 Å². The summed E-state index contributed by atoms with van der Waals surface area (Å²) in [6.45, 7) is 3.22. The first kappa shape index (κ1) is 17.0. The fraction of sp³-hybridized carbons (Fsp3) is 0.350. The topological polar surface area (TPSA) is 29.5 Å². The second kappa shape index (κ2) is 7.37. The fourth-order valence-corrected chi connectivity index (χ4v) is 3.68. The van der Waals surface area contributed by atoms with Crippen LogP contribution in [-0.4, -0.2) is 24.0 Å². The third kappa shape index (κ3) is 3.33. The number of hydrogen-bond donors (Lipinski definition) is 0. The largest absolute Gasteiger partial charge is 0.454 e. The fourth-order valence-electron chi connectivity index (χ4n) is 3.68. The van der Waals surface area contributed by atoms with Crippen LogP contribution in [0.2, 0.25) is 0 Å². The summed E-state index contributed by atoms with van der Waals surface area (Å²) in [6, 6.07) is 16.5. The van der Waals surface area contributed by atoms with Crippen LogP contribution in [0, 0.1) is 0 Å². The van der Waals surface area contributed by atoms with Crippen molar-refractivity contribution >= 4 is 18.4 Å². The molecule has 0 aromatic heterocycles. The van der Waals surface area contributed by atoms with Crippen molar-refractivity contribution in [3.63, 3.8) is 0 Å². The van der Waals surface area contributed by atoms with Gasteiger partial charge >= 0.3 is 5.97 Å². The van der Waals surface area contributed by atoms with E-state index in [4.69, 9.17) is 4.74 Å². The molecule has 4 rings (SSSR count). The number of ether oxygens (including phenoxy) is 1. The van der Waals surface area contributed by atoms with Crippen LogP contribution in [0.4, 0.5) is 0 Å². The molecule has 0 fully saturated rings. The Morgan fingerprint density at radius 1 is 1.04 bits per heavy atom. The number of nitrogens with zero attached hydrogens (tertiary/aromatic N) is 1. The zero-order valence-corrected chi connectivity index (χ0v) is 14.4. The minimum absolute atomic E-state index is 0. The highest BCUT2D eigenvalue weighted by atomic mass is 35.5. The quantitative estimate of drug-likeness (QED) is 0.781. The van der Waals surface area contributed by atoms with Crippen LogP contribution < -0.4 is 0 Å². The van der Waals surface area contributed by atoms with Gasteiger partial charge in [0.1, 0.15) is 6.10 Å². The monoisotopic (exact) mass is 343 g/mol. The lowest BCUT2D eigenvalue weighted by molar-refractivity contribution is 0.0357. The van der Waals surface area contributed by atoms with Gasteiger partial charge in [0, 0.05) is 18.7 Å². The Hall–Kier alpha value is -1.84. The van der Waals surface area contributed by atoms with Crippen molar-refractivity contribution < 1.29 is 9.53 Å². The van der Waals surface area contributed by atoms with Gasteiger partial charge in [-0.05, 0) is 43.0 Å². The molecule has 1 unspecified atom stereocenters. The molecule has 0 bridgehead atoms. The molecule has 1 atom stereocenters. The average molecular weight is 344 g/mol. The Morgan fingerprint density at radius 2 is 1.79 bits per heavy atom. The molecule has 24 heavy (non-hydrogen) atoms. The maximum absolute atomic E-state index is 11.8. The zero-order valence-electron chi connectivity index (χ0n) is 13.6.